The van der Waals surface area contributed by atoms with Crippen molar-refractivity contribution in [2.45, 2.75) is 25.7 Å². The van der Waals surface area contributed by atoms with Gasteiger partial charge in [0.1, 0.15) is 0 Å². The lowest BCUT2D eigenvalue weighted by Crippen LogP contribution is -2.39. The number of rotatable bonds is 7. The predicted octanol–water partition coefficient (Wildman–Crippen LogP) is 2.24. The molecule has 0 aromatic heterocycles. The number of nitrogens with one attached hydrogen (secondary N) is 3. The highest BCUT2D eigenvalue weighted by Crippen LogP contribution is 2.31. The predicted molar refractivity (Wildman–Crippen MR) is 115 cm³/mol. The number of guanidine groups is 1. The lowest BCUT2D eigenvalue weighted by Gasteiger charge is -2.24. The third-order valence-corrected chi connectivity index (χ3v) is 4.00. The molecule has 1 heterocycles. The number of hydrogen-bond acceptors (Lipinski definition) is 3. The number of para-hydroxylation sites is 1. The first-order valence-corrected chi connectivity index (χ1v) is 8.65. The summed E-state index contributed by atoms with van der Waals surface area (Å²) in [6.45, 7) is 5.41. The van der Waals surface area contributed by atoms with E-state index >= 15 is 0 Å². The molecule has 0 saturated carbocycles. The Labute approximate surface area is 167 Å². The van der Waals surface area contributed by atoms with Gasteiger partial charge in [-0.15, -0.1) is 24.0 Å². The van der Waals surface area contributed by atoms with Crippen molar-refractivity contribution in [2.24, 2.45) is 4.99 Å². The van der Waals surface area contributed by atoms with E-state index in [1.165, 1.54) is 5.56 Å². The lowest BCUT2D eigenvalue weighted by atomic mass is 9.91. The fraction of sp³-hybridized carbons (Fsp3) is 0.556. The Kier molecular flexibility index (Phi) is 9.81. The quantitative estimate of drug-likeness (QED) is 0.253. The van der Waals surface area contributed by atoms with E-state index in [4.69, 9.17) is 0 Å². The smallest absolute Gasteiger partial charge is 0.225 e. The van der Waals surface area contributed by atoms with Gasteiger partial charge in [-0.05, 0) is 45.6 Å². The summed E-state index contributed by atoms with van der Waals surface area (Å²) in [7, 11) is 4.15. The number of aliphatic imine (C=N–C) groups is 1. The summed E-state index contributed by atoms with van der Waals surface area (Å²) in [6, 6.07) is 7.99. The Hall–Kier alpha value is -1.35. The second-order valence-electron chi connectivity index (χ2n) is 6.34. The summed E-state index contributed by atoms with van der Waals surface area (Å²) in [5.74, 6) is 1.02. The molecule has 1 amide bonds. The molecule has 0 bridgehead atoms. The fourth-order valence-electron chi connectivity index (χ4n) is 2.81. The summed E-state index contributed by atoms with van der Waals surface area (Å²) in [5.41, 5.74) is 2.09. The van der Waals surface area contributed by atoms with Crippen LogP contribution in [0.1, 0.15) is 31.2 Å². The number of fused-ring (bicyclic) bond motifs is 1. The van der Waals surface area contributed by atoms with E-state index in [0.717, 1.165) is 37.7 Å². The van der Waals surface area contributed by atoms with Gasteiger partial charge in [0.2, 0.25) is 5.91 Å². The third-order valence-electron chi connectivity index (χ3n) is 4.00. The number of halogens is 1. The Morgan fingerprint density at radius 2 is 2.08 bits per heavy atom. The van der Waals surface area contributed by atoms with Crippen molar-refractivity contribution < 1.29 is 4.79 Å². The van der Waals surface area contributed by atoms with Crippen molar-refractivity contribution in [2.75, 3.05) is 45.6 Å². The highest BCUT2D eigenvalue weighted by molar-refractivity contribution is 14.0. The van der Waals surface area contributed by atoms with Crippen LogP contribution in [0.4, 0.5) is 5.69 Å². The molecular weight excluding hydrogens is 429 g/mol. The second kappa shape index (κ2) is 11.3. The van der Waals surface area contributed by atoms with E-state index in [0.29, 0.717) is 13.0 Å². The Balaban J connectivity index is 0.00000312. The number of benzene rings is 1. The minimum atomic E-state index is 0. The molecule has 0 spiro atoms. The van der Waals surface area contributed by atoms with Crippen LogP contribution in [0.2, 0.25) is 0 Å². The molecule has 1 atom stereocenters. The van der Waals surface area contributed by atoms with E-state index in [1.54, 1.807) is 0 Å². The normalized spacial score (nSPS) is 16.7. The van der Waals surface area contributed by atoms with Crippen LogP contribution in [0.25, 0.3) is 0 Å². The van der Waals surface area contributed by atoms with Crippen molar-refractivity contribution in [1.82, 2.24) is 15.5 Å². The number of anilines is 1. The molecule has 0 radical (unpaired) electrons. The van der Waals surface area contributed by atoms with Gasteiger partial charge < -0.3 is 20.9 Å². The zero-order chi connectivity index (χ0) is 17.4. The Bertz CT molecular complexity index is 576. The van der Waals surface area contributed by atoms with E-state index < -0.39 is 0 Å². The van der Waals surface area contributed by atoms with Crippen LogP contribution < -0.4 is 16.0 Å². The van der Waals surface area contributed by atoms with Gasteiger partial charge in [0.25, 0.3) is 0 Å². The highest BCUT2D eigenvalue weighted by atomic mass is 127. The minimum absolute atomic E-state index is 0. The molecule has 1 unspecified atom stereocenters. The summed E-state index contributed by atoms with van der Waals surface area (Å²) < 4.78 is 0. The fourth-order valence-corrected chi connectivity index (χ4v) is 2.81. The SMILES string of the molecule is CCNC(=NCC1CC(=O)Nc2ccccc21)NCCCN(C)C.I. The summed E-state index contributed by atoms with van der Waals surface area (Å²) >= 11 is 0. The first-order chi connectivity index (χ1) is 11.6. The monoisotopic (exact) mass is 459 g/mol. The van der Waals surface area contributed by atoms with Crippen LogP contribution in [0.3, 0.4) is 0 Å². The van der Waals surface area contributed by atoms with Crippen LogP contribution >= 0.6 is 24.0 Å². The molecule has 3 N–H and O–H groups in total. The van der Waals surface area contributed by atoms with Gasteiger partial charge in [-0.1, -0.05) is 18.2 Å². The van der Waals surface area contributed by atoms with E-state index in [9.17, 15) is 4.79 Å². The molecule has 0 saturated heterocycles. The van der Waals surface area contributed by atoms with Crippen molar-refractivity contribution in [1.29, 1.82) is 0 Å². The molecular formula is C18H30IN5O. The zero-order valence-corrected chi connectivity index (χ0v) is 17.7. The van der Waals surface area contributed by atoms with Crippen molar-refractivity contribution >= 4 is 41.5 Å². The maximum Gasteiger partial charge on any atom is 0.225 e. The maximum absolute atomic E-state index is 11.9. The van der Waals surface area contributed by atoms with Crippen LogP contribution in [-0.4, -0.2) is 57.0 Å². The van der Waals surface area contributed by atoms with Gasteiger partial charge >= 0.3 is 0 Å². The molecule has 1 aliphatic heterocycles. The van der Waals surface area contributed by atoms with E-state index in [2.05, 4.69) is 52.9 Å². The first-order valence-electron chi connectivity index (χ1n) is 8.65. The number of carbonyl (C=O) groups is 1. The van der Waals surface area contributed by atoms with Gasteiger partial charge in [0.15, 0.2) is 5.96 Å². The van der Waals surface area contributed by atoms with Gasteiger partial charge in [-0.25, -0.2) is 0 Å². The number of amides is 1. The molecule has 1 aliphatic rings. The van der Waals surface area contributed by atoms with E-state index in [1.807, 2.05) is 18.2 Å². The van der Waals surface area contributed by atoms with Crippen molar-refractivity contribution in [3.8, 4) is 0 Å². The van der Waals surface area contributed by atoms with Gasteiger partial charge in [-0.3, -0.25) is 9.79 Å². The second-order valence-corrected chi connectivity index (χ2v) is 6.34. The van der Waals surface area contributed by atoms with Gasteiger partial charge in [-0.2, -0.15) is 0 Å². The molecule has 0 fully saturated rings. The standard InChI is InChI=1S/C18H29N5O.HI/c1-4-19-18(20-10-7-11-23(2)3)21-13-14-12-17(24)22-16-9-6-5-8-15(14)16;/h5-6,8-9,14H,4,7,10-13H2,1-3H3,(H,22,24)(H2,19,20,21);1H. The summed E-state index contributed by atoms with van der Waals surface area (Å²) in [5, 5.41) is 9.56. The zero-order valence-electron chi connectivity index (χ0n) is 15.3. The topological polar surface area (TPSA) is 68.8 Å². The molecule has 1 aromatic carbocycles. The average Bonchev–Trinajstić information content (AvgIpc) is 2.55. The number of nitrogens with zero attached hydrogens (tertiary/aromatic N) is 2. The van der Waals surface area contributed by atoms with Crippen molar-refractivity contribution in [3.63, 3.8) is 0 Å². The maximum atomic E-state index is 11.9. The van der Waals surface area contributed by atoms with E-state index in [-0.39, 0.29) is 35.8 Å². The molecule has 6 nitrogen and oxygen atoms in total. The highest BCUT2D eigenvalue weighted by Gasteiger charge is 2.24. The average molecular weight is 459 g/mol. The van der Waals surface area contributed by atoms with Gasteiger partial charge in [0.05, 0.1) is 6.54 Å². The largest absolute Gasteiger partial charge is 0.357 e. The van der Waals surface area contributed by atoms with Crippen LogP contribution in [0.5, 0.6) is 0 Å². The van der Waals surface area contributed by atoms with Crippen molar-refractivity contribution in [3.05, 3.63) is 29.8 Å². The molecule has 1 aromatic rings. The Morgan fingerprint density at radius 3 is 2.80 bits per heavy atom. The number of hydrogen-bond donors (Lipinski definition) is 3. The molecule has 140 valence electrons. The molecule has 25 heavy (non-hydrogen) atoms. The van der Waals surface area contributed by atoms with Crippen LogP contribution in [0.15, 0.2) is 29.3 Å². The molecule has 0 aliphatic carbocycles. The minimum Gasteiger partial charge on any atom is -0.357 e. The van der Waals surface area contributed by atoms with Crippen LogP contribution in [-0.2, 0) is 4.79 Å². The Morgan fingerprint density at radius 1 is 1.32 bits per heavy atom. The van der Waals surface area contributed by atoms with Crippen LogP contribution in [0, 0.1) is 0 Å². The number of carbonyl (C=O) groups excluding carboxylic acids is 1. The third kappa shape index (κ3) is 7.19. The lowest BCUT2D eigenvalue weighted by molar-refractivity contribution is -0.116. The van der Waals surface area contributed by atoms with Gasteiger partial charge in [0, 0.05) is 31.1 Å². The first kappa shape index (κ1) is 21.7. The molecule has 7 heteroatoms. The summed E-state index contributed by atoms with van der Waals surface area (Å²) in [6.07, 6.45) is 1.55. The summed E-state index contributed by atoms with van der Waals surface area (Å²) in [4.78, 5) is 18.7. The molecule has 2 rings (SSSR count).